The molecule has 0 unspecified atom stereocenters. The Balaban J connectivity index is 1.62. The van der Waals surface area contributed by atoms with Gasteiger partial charge in [0.1, 0.15) is 5.58 Å². The normalized spacial score (nSPS) is 12.1. The summed E-state index contributed by atoms with van der Waals surface area (Å²) in [6, 6.07) is 14.7. The van der Waals surface area contributed by atoms with E-state index < -0.39 is 40.7 Å². The van der Waals surface area contributed by atoms with Crippen LogP contribution in [0.15, 0.2) is 82.0 Å². The first-order valence-corrected chi connectivity index (χ1v) is 9.66. The molecule has 0 bridgehead atoms. The molecule has 0 radical (unpaired) electrons. The van der Waals surface area contributed by atoms with E-state index in [-0.39, 0.29) is 17.2 Å². The van der Waals surface area contributed by atoms with Gasteiger partial charge < -0.3 is 9.73 Å². The number of anilines is 1. The maximum Gasteiger partial charge on any atom is 0.416 e. The van der Waals surface area contributed by atoms with Crippen molar-refractivity contribution in [2.75, 3.05) is 5.32 Å². The Morgan fingerprint density at radius 3 is 1.94 bits per heavy atom. The first-order chi connectivity index (χ1) is 15.9. The molecule has 0 aliphatic heterocycles. The Hall–Kier alpha value is -4.08. The number of rotatable bonds is 3. The summed E-state index contributed by atoms with van der Waals surface area (Å²) in [6.45, 7) is 0. The first-order valence-electron chi connectivity index (χ1n) is 9.66. The van der Waals surface area contributed by atoms with Crippen molar-refractivity contribution in [1.29, 1.82) is 0 Å². The zero-order chi connectivity index (χ0) is 24.7. The summed E-state index contributed by atoms with van der Waals surface area (Å²) in [4.78, 5) is 24.8. The van der Waals surface area contributed by atoms with Gasteiger partial charge in [0.05, 0.1) is 16.7 Å². The average Bonchev–Trinajstić information content (AvgIpc) is 2.77. The van der Waals surface area contributed by atoms with Crippen LogP contribution in [0.1, 0.15) is 21.5 Å². The minimum absolute atomic E-state index is 0.0282. The number of halogens is 6. The van der Waals surface area contributed by atoms with Crippen LogP contribution >= 0.6 is 0 Å². The number of hydrogen-bond donors (Lipinski definition) is 1. The van der Waals surface area contributed by atoms with Crippen molar-refractivity contribution in [2.24, 2.45) is 0 Å². The summed E-state index contributed by atoms with van der Waals surface area (Å²) in [5, 5.41) is 2.73. The lowest BCUT2D eigenvalue weighted by Gasteiger charge is -2.15. The van der Waals surface area contributed by atoms with E-state index in [1.54, 1.807) is 30.3 Å². The van der Waals surface area contributed by atoms with Gasteiger partial charge in [-0.2, -0.15) is 26.3 Å². The van der Waals surface area contributed by atoms with Crippen LogP contribution in [0.25, 0.3) is 22.1 Å². The number of benzene rings is 3. The molecule has 4 aromatic rings. The van der Waals surface area contributed by atoms with Crippen molar-refractivity contribution in [2.45, 2.75) is 12.4 Å². The third-order valence-electron chi connectivity index (χ3n) is 4.95. The van der Waals surface area contributed by atoms with E-state index in [4.69, 9.17) is 4.42 Å². The molecule has 0 fully saturated rings. The van der Waals surface area contributed by atoms with Crippen LogP contribution in [0.4, 0.5) is 32.0 Å². The van der Waals surface area contributed by atoms with Crippen LogP contribution in [0.5, 0.6) is 0 Å². The largest absolute Gasteiger partial charge is 0.422 e. The van der Waals surface area contributed by atoms with Gasteiger partial charge in [0.15, 0.2) is 0 Å². The Kier molecular flexibility index (Phi) is 5.68. The van der Waals surface area contributed by atoms with Crippen LogP contribution in [0.3, 0.4) is 0 Å². The fourth-order valence-electron chi connectivity index (χ4n) is 3.29. The van der Waals surface area contributed by atoms with Gasteiger partial charge in [-0.1, -0.05) is 30.3 Å². The highest BCUT2D eigenvalue weighted by molar-refractivity contribution is 6.04. The molecule has 174 valence electrons. The third kappa shape index (κ3) is 4.80. The number of alkyl halides is 6. The van der Waals surface area contributed by atoms with Gasteiger partial charge >= 0.3 is 18.0 Å². The van der Waals surface area contributed by atoms with Crippen molar-refractivity contribution in [1.82, 2.24) is 0 Å². The molecular formula is C24H13F6NO3. The van der Waals surface area contributed by atoms with Crippen LogP contribution in [-0.4, -0.2) is 5.91 Å². The minimum Gasteiger partial charge on any atom is -0.422 e. The predicted molar refractivity (Wildman–Crippen MR) is 112 cm³/mol. The maximum absolute atomic E-state index is 13.0. The van der Waals surface area contributed by atoms with Gasteiger partial charge in [-0.3, -0.25) is 4.79 Å². The predicted octanol–water partition coefficient (Wildman–Crippen LogP) is 6.75. The standard InChI is InChI=1S/C24H13F6NO3/c25-23(26,27)16-10-17(24(28,29)30)12-18(11-16)31-21(32)14-7-5-13(6-8-14)19-9-15-3-1-2-4-20(15)34-22(19)33/h1-12H,(H,31,32). The second kappa shape index (κ2) is 8.36. The molecular weight excluding hydrogens is 464 g/mol. The van der Waals surface area contributed by atoms with E-state index in [2.05, 4.69) is 5.32 Å². The van der Waals surface area contributed by atoms with Crippen molar-refractivity contribution in [3.05, 3.63) is 99.9 Å². The number of nitrogens with one attached hydrogen (secondary N) is 1. The molecule has 3 aromatic carbocycles. The highest BCUT2D eigenvalue weighted by Crippen LogP contribution is 2.37. The third-order valence-corrected chi connectivity index (χ3v) is 4.95. The van der Waals surface area contributed by atoms with Crippen molar-refractivity contribution in [3.63, 3.8) is 0 Å². The molecule has 0 spiro atoms. The topological polar surface area (TPSA) is 59.3 Å². The highest BCUT2D eigenvalue weighted by Gasteiger charge is 2.37. The number of para-hydroxylation sites is 1. The van der Waals surface area contributed by atoms with Crippen LogP contribution in [0, 0.1) is 0 Å². The Bertz CT molecular complexity index is 1400. The van der Waals surface area contributed by atoms with E-state index in [1.807, 2.05) is 0 Å². The fourth-order valence-corrected chi connectivity index (χ4v) is 3.29. The molecule has 34 heavy (non-hydrogen) atoms. The van der Waals surface area contributed by atoms with Crippen LogP contribution < -0.4 is 10.9 Å². The summed E-state index contributed by atoms with van der Waals surface area (Å²) >= 11 is 0. The SMILES string of the molecule is O=C(Nc1cc(C(F)(F)F)cc(C(F)(F)F)c1)c1ccc(-c2cc3ccccc3oc2=O)cc1. The summed E-state index contributed by atoms with van der Waals surface area (Å²) < 4.78 is 83.4. The molecule has 1 heterocycles. The summed E-state index contributed by atoms with van der Waals surface area (Å²) in [7, 11) is 0. The lowest BCUT2D eigenvalue weighted by atomic mass is 10.0. The smallest absolute Gasteiger partial charge is 0.416 e. The number of carbonyl (C=O) groups is 1. The van der Waals surface area contributed by atoms with Crippen LogP contribution in [0.2, 0.25) is 0 Å². The van der Waals surface area contributed by atoms with Crippen molar-refractivity contribution in [3.8, 4) is 11.1 Å². The summed E-state index contributed by atoms with van der Waals surface area (Å²) in [6.07, 6.45) is -10.1. The molecule has 10 heteroatoms. The number of carbonyl (C=O) groups excluding carboxylic acids is 1. The number of hydrogen-bond acceptors (Lipinski definition) is 3. The molecule has 1 amide bonds. The summed E-state index contributed by atoms with van der Waals surface area (Å²) in [5.74, 6) is -0.926. The van der Waals surface area contributed by atoms with Crippen molar-refractivity contribution >= 4 is 22.6 Å². The van der Waals surface area contributed by atoms with Gasteiger partial charge in [-0.25, -0.2) is 4.79 Å². The van der Waals surface area contributed by atoms with Gasteiger partial charge in [-0.05, 0) is 48.0 Å². The van der Waals surface area contributed by atoms with Gasteiger partial charge in [0.25, 0.3) is 5.91 Å². The molecule has 4 rings (SSSR count). The Morgan fingerprint density at radius 2 is 1.35 bits per heavy atom. The molecule has 0 saturated heterocycles. The molecule has 1 N–H and O–H groups in total. The zero-order valence-electron chi connectivity index (χ0n) is 16.9. The van der Waals surface area contributed by atoms with Gasteiger partial charge in [-0.15, -0.1) is 0 Å². The minimum atomic E-state index is -5.04. The Labute approximate surface area is 187 Å². The molecule has 1 aromatic heterocycles. The average molecular weight is 477 g/mol. The van der Waals surface area contributed by atoms with Crippen LogP contribution in [-0.2, 0) is 12.4 Å². The van der Waals surface area contributed by atoms with Gasteiger partial charge in [0, 0.05) is 16.6 Å². The lowest BCUT2D eigenvalue weighted by Crippen LogP contribution is -2.16. The monoisotopic (exact) mass is 477 g/mol. The van der Waals surface area contributed by atoms with E-state index >= 15 is 0 Å². The van der Waals surface area contributed by atoms with E-state index in [0.717, 1.165) is 0 Å². The molecule has 4 nitrogen and oxygen atoms in total. The van der Waals surface area contributed by atoms with Gasteiger partial charge in [0.2, 0.25) is 0 Å². The summed E-state index contributed by atoms with van der Waals surface area (Å²) in [5.41, 5.74) is -3.38. The molecule has 0 aliphatic rings. The lowest BCUT2D eigenvalue weighted by molar-refractivity contribution is -0.143. The number of fused-ring (bicyclic) bond motifs is 1. The van der Waals surface area contributed by atoms with E-state index in [9.17, 15) is 35.9 Å². The second-order valence-corrected chi connectivity index (χ2v) is 7.31. The molecule has 0 atom stereocenters. The number of amides is 1. The van der Waals surface area contributed by atoms with Crippen molar-refractivity contribution < 1.29 is 35.6 Å². The Morgan fingerprint density at radius 1 is 0.765 bits per heavy atom. The molecule has 0 aliphatic carbocycles. The first kappa shape index (κ1) is 23.1. The fraction of sp³-hybridized carbons (Fsp3) is 0.0833. The second-order valence-electron chi connectivity index (χ2n) is 7.31. The maximum atomic E-state index is 13.0. The molecule has 0 saturated carbocycles. The van der Waals surface area contributed by atoms with E-state index in [1.165, 1.54) is 24.3 Å². The zero-order valence-corrected chi connectivity index (χ0v) is 16.9. The quantitative estimate of drug-likeness (QED) is 0.262. The van der Waals surface area contributed by atoms with E-state index in [0.29, 0.717) is 28.7 Å². The highest BCUT2D eigenvalue weighted by atomic mass is 19.4.